The van der Waals surface area contributed by atoms with Gasteiger partial charge in [0.2, 0.25) is 0 Å². The van der Waals surface area contributed by atoms with Crippen molar-refractivity contribution < 1.29 is 9.53 Å². The average molecular weight is 414 g/mol. The van der Waals surface area contributed by atoms with Crippen molar-refractivity contribution in [1.29, 1.82) is 0 Å². The minimum absolute atomic E-state index is 0.0148. The van der Waals surface area contributed by atoms with E-state index in [2.05, 4.69) is 4.98 Å². The van der Waals surface area contributed by atoms with Crippen LogP contribution in [0.15, 0.2) is 39.4 Å². The van der Waals surface area contributed by atoms with Gasteiger partial charge in [0.1, 0.15) is 5.65 Å². The number of hydrogen-bond acceptors (Lipinski definition) is 6. The van der Waals surface area contributed by atoms with Gasteiger partial charge in [-0.1, -0.05) is 6.07 Å². The molecule has 0 aromatic carbocycles. The van der Waals surface area contributed by atoms with Crippen molar-refractivity contribution in [2.24, 2.45) is 14.1 Å². The summed E-state index contributed by atoms with van der Waals surface area (Å²) in [6.45, 7) is 1.67. The highest BCUT2D eigenvalue weighted by Crippen LogP contribution is 2.20. The van der Waals surface area contributed by atoms with Crippen LogP contribution in [-0.2, 0) is 25.4 Å². The van der Waals surface area contributed by atoms with E-state index in [0.29, 0.717) is 25.3 Å². The van der Waals surface area contributed by atoms with E-state index in [1.807, 2.05) is 17.5 Å². The summed E-state index contributed by atoms with van der Waals surface area (Å²) >= 11 is 1.59. The Morgan fingerprint density at radius 1 is 1.34 bits per heavy atom. The van der Waals surface area contributed by atoms with Gasteiger partial charge < -0.3 is 9.64 Å². The first-order valence-electron chi connectivity index (χ1n) is 9.44. The molecule has 1 unspecified atom stereocenters. The normalized spacial score (nSPS) is 16.4. The Labute approximate surface area is 171 Å². The monoisotopic (exact) mass is 414 g/mol. The summed E-state index contributed by atoms with van der Waals surface area (Å²) in [5.41, 5.74) is -0.331. The van der Waals surface area contributed by atoms with E-state index in [1.165, 1.54) is 23.9 Å². The lowest BCUT2D eigenvalue weighted by Gasteiger charge is -2.25. The maximum absolute atomic E-state index is 13.3. The lowest BCUT2D eigenvalue weighted by molar-refractivity contribution is 0.0509. The van der Waals surface area contributed by atoms with Crippen LogP contribution < -0.4 is 11.2 Å². The van der Waals surface area contributed by atoms with E-state index in [-0.39, 0.29) is 23.0 Å². The van der Waals surface area contributed by atoms with E-state index < -0.39 is 11.2 Å². The van der Waals surface area contributed by atoms with Crippen molar-refractivity contribution in [2.45, 2.75) is 25.5 Å². The first kappa shape index (κ1) is 19.5. The van der Waals surface area contributed by atoms with Gasteiger partial charge in [-0.2, -0.15) is 0 Å². The van der Waals surface area contributed by atoms with Crippen LogP contribution in [0.2, 0.25) is 0 Å². The van der Waals surface area contributed by atoms with Crippen molar-refractivity contribution in [2.75, 3.05) is 13.2 Å². The van der Waals surface area contributed by atoms with Crippen molar-refractivity contribution >= 4 is 28.3 Å². The summed E-state index contributed by atoms with van der Waals surface area (Å²) in [5, 5.41) is 2.22. The summed E-state index contributed by atoms with van der Waals surface area (Å²) in [7, 11) is 2.97. The first-order chi connectivity index (χ1) is 14.0. The van der Waals surface area contributed by atoms with Gasteiger partial charge in [0, 0.05) is 38.3 Å². The van der Waals surface area contributed by atoms with Crippen LogP contribution in [0.25, 0.3) is 11.0 Å². The zero-order valence-electron chi connectivity index (χ0n) is 16.3. The van der Waals surface area contributed by atoms with Crippen molar-refractivity contribution in [1.82, 2.24) is 19.0 Å². The topological polar surface area (TPSA) is 86.4 Å². The van der Waals surface area contributed by atoms with Crippen LogP contribution in [-0.4, -0.2) is 44.2 Å². The fraction of sp³-hybridized carbons (Fsp3) is 0.400. The molecule has 0 bridgehead atoms. The van der Waals surface area contributed by atoms with Gasteiger partial charge >= 0.3 is 5.69 Å². The number of carbonyl (C=O) groups is 1. The molecule has 0 aliphatic carbocycles. The molecule has 0 spiro atoms. The number of hydrogen-bond donors (Lipinski definition) is 0. The minimum Gasteiger partial charge on any atom is -0.376 e. The molecule has 0 radical (unpaired) electrons. The highest BCUT2D eigenvalue weighted by atomic mass is 32.1. The number of aryl methyl sites for hydroxylation is 1. The standard InChI is InChI=1S/C20H22N4O4S/c1-22-17-16(19(26)23(2)20(22)27)9-13(10-21-17)18(25)24(11-14-5-3-7-28-14)12-15-6-4-8-29-15/h4,6,8-10,14H,3,5,7,11-12H2,1-2H3. The fourth-order valence-corrected chi connectivity index (χ4v) is 4.33. The predicted octanol–water partition coefficient (Wildman–Crippen LogP) is 1.52. The molecule has 3 aromatic rings. The predicted molar refractivity (Wildman–Crippen MR) is 110 cm³/mol. The Bertz CT molecular complexity index is 1160. The molecule has 0 saturated carbocycles. The molecule has 1 aliphatic rings. The summed E-state index contributed by atoms with van der Waals surface area (Å²) in [6, 6.07) is 5.48. The highest BCUT2D eigenvalue weighted by Gasteiger charge is 2.25. The number of pyridine rings is 1. The van der Waals surface area contributed by atoms with Gasteiger partial charge in [0.25, 0.3) is 11.5 Å². The van der Waals surface area contributed by atoms with Crippen molar-refractivity contribution in [3.05, 3.63) is 61.1 Å². The molecule has 4 rings (SSSR count). The Morgan fingerprint density at radius 3 is 2.86 bits per heavy atom. The molecule has 1 amide bonds. The maximum atomic E-state index is 13.3. The fourth-order valence-electron chi connectivity index (χ4n) is 3.61. The number of amides is 1. The maximum Gasteiger partial charge on any atom is 0.332 e. The van der Waals surface area contributed by atoms with Crippen LogP contribution >= 0.6 is 11.3 Å². The second-order valence-corrected chi connectivity index (χ2v) is 8.23. The minimum atomic E-state index is -0.464. The molecule has 3 aromatic heterocycles. The van der Waals surface area contributed by atoms with Gasteiger partial charge in [-0.15, -0.1) is 11.3 Å². The summed E-state index contributed by atoms with van der Waals surface area (Å²) < 4.78 is 8.05. The third kappa shape index (κ3) is 3.75. The zero-order chi connectivity index (χ0) is 20.5. The molecule has 9 heteroatoms. The third-order valence-corrected chi connectivity index (χ3v) is 6.06. The number of thiophene rings is 1. The Kier molecular flexibility index (Phi) is 5.33. The van der Waals surface area contributed by atoms with Gasteiger partial charge in [-0.25, -0.2) is 9.78 Å². The molecule has 152 valence electrons. The van der Waals surface area contributed by atoms with Crippen molar-refractivity contribution in [3.63, 3.8) is 0 Å². The number of fused-ring (bicyclic) bond motifs is 1. The highest BCUT2D eigenvalue weighted by molar-refractivity contribution is 7.09. The van der Waals surface area contributed by atoms with E-state index in [9.17, 15) is 14.4 Å². The second-order valence-electron chi connectivity index (χ2n) is 7.20. The average Bonchev–Trinajstić information content (AvgIpc) is 3.43. The van der Waals surface area contributed by atoms with Crippen LogP contribution in [0, 0.1) is 0 Å². The molecule has 1 aliphatic heterocycles. The smallest absolute Gasteiger partial charge is 0.332 e. The van der Waals surface area contributed by atoms with E-state index >= 15 is 0 Å². The first-order valence-corrected chi connectivity index (χ1v) is 10.3. The molecule has 4 heterocycles. The summed E-state index contributed by atoms with van der Waals surface area (Å²) in [6.07, 6.45) is 3.36. The molecule has 0 N–H and O–H groups in total. The quantitative estimate of drug-likeness (QED) is 0.632. The molecule has 29 heavy (non-hydrogen) atoms. The van der Waals surface area contributed by atoms with E-state index in [4.69, 9.17) is 4.74 Å². The number of aromatic nitrogens is 3. The Morgan fingerprint density at radius 2 is 2.17 bits per heavy atom. The molecule has 1 fully saturated rings. The van der Waals surface area contributed by atoms with Gasteiger partial charge in [0.05, 0.1) is 23.6 Å². The van der Waals surface area contributed by atoms with E-state index in [0.717, 1.165) is 22.3 Å². The number of ether oxygens (including phenoxy) is 1. The number of nitrogens with zero attached hydrogens (tertiary/aromatic N) is 4. The van der Waals surface area contributed by atoms with Crippen LogP contribution in [0.5, 0.6) is 0 Å². The lowest BCUT2D eigenvalue weighted by atomic mass is 10.1. The Hall–Kier alpha value is -2.78. The SMILES string of the molecule is Cn1c(=O)c2cc(C(=O)N(Cc3cccs3)CC3CCCO3)cnc2n(C)c1=O. The van der Waals surface area contributed by atoms with Gasteiger partial charge in [0.15, 0.2) is 0 Å². The third-order valence-electron chi connectivity index (χ3n) is 5.20. The largest absolute Gasteiger partial charge is 0.376 e. The molecular weight excluding hydrogens is 392 g/mol. The van der Waals surface area contributed by atoms with Gasteiger partial charge in [-0.05, 0) is 30.4 Å². The number of rotatable bonds is 5. The van der Waals surface area contributed by atoms with Crippen LogP contribution in [0.1, 0.15) is 28.1 Å². The molecule has 1 atom stereocenters. The summed E-state index contributed by atoms with van der Waals surface area (Å²) in [5.74, 6) is -0.209. The number of carbonyl (C=O) groups excluding carboxylic acids is 1. The van der Waals surface area contributed by atoms with Gasteiger partial charge in [-0.3, -0.25) is 18.7 Å². The Balaban J connectivity index is 1.71. The second kappa shape index (κ2) is 7.92. The molecule has 1 saturated heterocycles. The zero-order valence-corrected chi connectivity index (χ0v) is 17.1. The lowest BCUT2D eigenvalue weighted by Crippen LogP contribution is -2.38. The molecular formula is C20H22N4O4S. The summed E-state index contributed by atoms with van der Waals surface area (Å²) in [4.78, 5) is 45.0. The van der Waals surface area contributed by atoms with Crippen molar-refractivity contribution in [3.8, 4) is 0 Å². The van der Waals surface area contributed by atoms with Crippen LogP contribution in [0.3, 0.4) is 0 Å². The van der Waals surface area contributed by atoms with Crippen LogP contribution in [0.4, 0.5) is 0 Å². The molecule has 8 nitrogen and oxygen atoms in total. The van der Waals surface area contributed by atoms with E-state index in [1.54, 1.807) is 23.3 Å².